The number of ether oxygens (including phenoxy) is 1. The van der Waals surface area contributed by atoms with Crippen LogP contribution in [0.15, 0.2) is 24.3 Å². The van der Waals surface area contributed by atoms with Crippen LogP contribution in [0.4, 0.5) is 0 Å². The molecular formula is C10H14ClNO. The van der Waals surface area contributed by atoms with E-state index in [-0.39, 0.29) is 12.4 Å². The highest BCUT2D eigenvalue weighted by Crippen LogP contribution is 2.29. The summed E-state index contributed by atoms with van der Waals surface area (Å²) < 4.78 is 5.60. The van der Waals surface area contributed by atoms with Crippen molar-refractivity contribution < 1.29 is 4.74 Å². The standard InChI is InChI=1S/C10H13NO.ClH/c1-10(11)7-6-8-4-2-3-5-9(8)12-10;/h2-5H,6-7,11H2,1H3;1H. The average Bonchev–Trinajstić information content (AvgIpc) is 2.02. The molecule has 1 aromatic rings. The van der Waals surface area contributed by atoms with E-state index in [1.807, 2.05) is 25.1 Å². The summed E-state index contributed by atoms with van der Waals surface area (Å²) in [7, 11) is 0. The van der Waals surface area contributed by atoms with Crippen molar-refractivity contribution in [3.8, 4) is 5.75 Å². The fraction of sp³-hybridized carbons (Fsp3) is 0.400. The Labute approximate surface area is 84.5 Å². The zero-order valence-electron chi connectivity index (χ0n) is 7.62. The largest absolute Gasteiger partial charge is 0.473 e. The maximum absolute atomic E-state index is 5.87. The van der Waals surface area contributed by atoms with E-state index >= 15 is 0 Å². The number of aryl methyl sites for hydroxylation is 1. The van der Waals surface area contributed by atoms with Crippen LogP contribution in [-0.4, -0.2) is 5.72 Å². The van der Waals surface area contributed by atoms with Crippen LogP contribution in [0.3, 0.4) is 0 Å². The summed E-state index contributed by atoms with van der Waals surface area (Å²) in [6.45, 7) is 1.92. The van der Waals surface area contributed by atoms with Crippen LogP contribution in [0.5, 0.6) is 5.75 Å². The fourth-order valence-corrected chi connectivity index (χ4v) is 1.50. The van der Waals surface area contributed by atoms with Gasteiger partial charge in [0.25, 0.3) is 0 Å². The minimum absolute atomic E-state index is 0. The van der Waals surface area contributed by atoms with Gasteiger partial charge in [0.1, 0.15) is 5.75 Å². The second-order valence-electron chi connectivity index (χ2n) is 3.52. The van der Waals surface area contributed by atoms with Crippen LogP contribution in [0.2, 0.25) is 0 Å². The molecule has 2 nitrogen and oxygen atoms in total. The number of hydrogen-bond acceptors (Lipinski definition) is 2. The highest BCUT2D eigenvalue weighted by Gasteiger charge is 2.26. The van der Waals surface area contributed by atoms with E-state index in [4.69, 9.17) is 10.5 Å². The van der Waals surface area contributed by atoms with Gasteiger partial charge in [0.05, 0.1) is 0 Å². The molecule has 0 spiro atoms. The van der Waals surface area contributed by atoms with E-state index in [0.29, 0.717) is 0 Å². The summed E-state index contributed by atoms with van der Waals surface area (Å²) in [6.07, 6.45) is 1.91. The molecule has 0 saturated heterocycles. The van der Waals surface area contributed by atoms with E-state index in [2.05, 4.69) is 6.07 Å². The van der Waals surface area contributed by atoms with Gasteiger partial charge >= 0.3 is 0 Å². The summed E-state index contributed by atoms with van der Waals surface area (Å²) in [5.74, 6) is 0.939. The van der Waals surface area contributed by atoms with Crippen LogP contribution in [0.25, 0.3) is 0 Å². The average molecular weight is 200 g/mol. The third-order valence-corrected chi connectivity index (χ3v) is 2.21. The van der Waals surface area contributed by atoms with Crippen molar-refractivity contribution in [3.05, 3.63) is 29.8 Å². The third-order valence-electron chi connectivity index (χ3n) is 2.21. The Balaban J connectivity index is 0.000000845. The number of benzene rings is 1. The molecule has 2 rings (SSSR count). The summed E-state index contributed by atoms with van der Waals surface area (Å²) in [5.41, 5.74) is 6.66. The first-order valence-electron chi connectivity index (χ1n) is 4.23. The molecular weight excluding hydrogens is 186 g/mol. The van der Waals surface area contributed by atoms with Gasteiger partial charge < -0.3 is 4.74 Å². The van der Waals surface area contributed by atoms with Gasteiger partial charge in [-0.15, -0.1) is 12.4 Å². The summed E-state index contributed by atoms with van der Waals surface area (Å²) in [5, 5.41) is 0. The molecule has 1 aliphatic rings. The lowest BCUT2D eigenvalue weighted by Gasteiger charge is -2.31. The van der Waals surface area contributed by atoms with Gasteiger partial charge in [0.2, 0.25) is 0 Å². The minimum Gasteiger partial charge on any atom is -0.473 e. The fourth-order valence-electron chi connectivity index (χ4n) is 1.50. The molecule has 3 heteroatoms. The number of rotatable bonds is 0. The number of fused-ring (bicyclic) bond motifs is 1. The van der Waals surface area contributed by atoms with Crippen molar-refractivity contribution in [2.24, 2.45) is 5.73 Å². The van der Waals surface area contributed by atoms with Crippen molar-refractivity contribution in [2.75, 3.05) is 0 Å². The van der Waals surface area contributed by atoms with Gasteiger partial charge in [0, 0.05) is 6.42 Å². The van der Waals surface area contributed by atoms with Crippen LogP contribution >= 0.6 is 12.4 Å². The van der Waals surface area contributed by atoms with E-state index in [1.54, 1.807) is 0 Å². The summed E-state index contributed by atoms with van der Waals surface area (Å²) in [4.78, 5) is 0. The molecule has 1 heterocycles. The molecule has 1 aromatic carbocycles. The van der Waals surface area contributed by atoms with Gasteiger partial charge in [-0.1, -0.05) is 18.2 Å². The second kappa shape index (κ2) is 3.56. The van der Waals surface area contributed by atoms with Gasteiger partial charge in [-0.25, -0.2) is 0 Å². The molecule has 0 radical (unpaired) electrons. The lowest BCUT2D eigenvalue weighted by molar-refractivity contribution is 0.0720. The number of halogens is 1. The Morgan fingerprint density at radius 2 is 2.08 bits per heavy atom. The van der Waals surface area contributed by atoms with E-state index < -0.39 is 5.72 Å². The minimum atomic E-state index is -0.478. The Morgan fingerprint density at radius 1 is 1.38 bits per heavy atom. The third kappa shape index (κ3) is 2.14. The zero-order chi connectivity index (χ0) is 8.60. The predicted octanol–water partition coefficient (Wildman–Crippen LogP) is 2.11. The number of para-hydroxylation sites is 1. The summed E-state index contributed by atoms with van der Waals surface area (Å²) >= 11 is 0. The monoisotopic (exact) mass is 199 g/mol. The van der Waals surface area contributed by atoms with Crippen molar-refractivity contribution in [1.29, 1.82) is 0 Å². The van der Waals surface area contributed by atoms with Crippen molar-refractivity contribution >= 4 is 12.4 Å². The SMILES string of the molecule is CC1(N)CCc2ccccc2O1.Cl. The topological polar surface area (TPSA) is 35.2 Å². The maximum Gasteiger partial charge on any atom is 0.156 e. The highest BCUT2D eigenvalue weighted by molar-refractivity contribution is 5.85. The lowest BCUT2D eigenvalue weighted by Crippen LogP contribution is -2.45. The van der Waals surface area contributed by atoms with Crippen LogP contribution in [0.1, 0.15) is 18.9 Å². The normalized spacial score (nSPS) is 25.4. The van der Waals surface area contributed by atoms with Gasteiger partial charge in [-0.05, 0) is 25.0 Å². The molecule has 0 fully saturated rings. The number of nitrogens with two attached hydrogens (primary N) is 1. The van der Waals surface area contributed by atoms with E-state index in [1.165, 1.54) is 5.56 Å². The molecule has 72 valence electrons. The molecule has 1 aliphatic heterocycles. The molecule has 2 N–H and O–H groups in total. The Hall–Kier alpha value is -0.730. The molecule has 1 atom stereocenters. The van der Waals surface area contributed by atoms with Crippen molar-refractivity contribution in [3.63, 3.8) is 0 Å². The van der Waals surface area contributed by atoms with E-state index in [0.717, 1.165) is 18.6 Å². The Bertz CT molecular complexity index is 299. The molecule has 13 heavy (non-hydrogen) atoms. The van der Waals surface area contributed by atoms with Crippen LogP contribution < -0.4 is 10.5 Å². The molecule has 1 unspecified atom stereocenters. The van der Waals surface area contributed by atoms with Gasteiger partial charge in [-0.3, -0.25) is 5.73 Å². The molecule has 0 saturated carbocycles. The molecule has 0 aliphatic carbocycles. The first-order valence-corrected chi connectivity index (χ1v) is 4.23. The van der Waals surface area contributed by atoms with Gasteiger partial charge in [0.15, 0.2) is 5.72 Å². The molecule has 0 aromatic heterocycles. The predicted molar refractivity (Wildman–Crippen MR) is 55.2 cm³/mol. The first kappa shape index (κ1) is 10.4. The quantitative estimate of drug-likeness (QED) is 0.695. The second-order valence-corrected chi connectivity index (χ2v) is 3.52. The van der Waals surface area contributed by atoms with Gasteiger partial charge in [-0.2, -0.15) is 0 Å². The Kier molecular flexibility index (Phi) is 2.84. The van der Waals surface area contributed by atoms with Crippen LogP contribution in [0, 0.1) is 0 Å². The van der Waals surface area contributed by atoms with Crippen molar-refractivity contribution in [1.82, 2.24) is 0 Å². The Morgan fingerprint density at radius 3 is 2.85 bits per heavy atom. The maximum atomic E-state index is 5.87. The van der Waals surface area contributed by atoms with Crippen molar-refractivity contribution in [2.45, 2.75) is 25.5 Å². The molecule has 0 amide bonds. The molecule has 0 bridgehead atoms. The number of hydrogen-bond donors (Lipinski definition) is 1. The van der Waals surface area contributed by atoms with Crippen LogP contribution in [-0.2, 0) is 6.42 Å². The smallest absolute Gasteiger partial charge is 0.156 e. The zero-order valence-corrected chi connectivity index (χ0v) is 8.43. The highest BCUT2D eigenvalue weighted by atomic mass is 35.5. The van der Waals surface area contributed by atoms with E-state index in [9.17, 15) is 0 Å². The lowest BCUT2D eigenvalue weighted by atomic mass is 10.00. The summed E-state index contributed by atoms with van der Waals surface area (Å²) in [6, 6.07) is 8.06. The first-order chi connectivity index (χ1) is 5.67.